The number of carbonyl (C=O) groups excluding carboxylic acids is 1. The number of allylic oxidation sites excluding steroid dienone is 9. The molecule has 1 spiro atoms. The van der Waals surface area contributed by atoms with E-state index in [1.54, 1.807) is 7.11 Å². The highest BCUT2D eigenvalue weighted by atomic mass is 16.5. The Morgan fingerprint density at radius 1 is 1.11 bits per heavy atom. The molecule has 11 atom stereocenters. The van der Waals surface area contributed by atoms with Crippen molar-refractivity contribution in [1.82, 2.24) is 10.6 Å². The molecule has 3 fully saturated rings. The number of benzene rings is 1. The molecule has 0 aromatic heterocycles. The lowest BCUT2D eigenvalue weighted by molar-refractivity contribution is -0.194. The number of hydrogen-bond acceptors (Lipinski definition) is 11. The average molecular weight is 901 g/mol. The second kappa shape index (κ2) is 23.3. The predicted molar refractivity (Wildman–Crippen MR) is 256 cm³/mol. The van der Waals surface area contributed by atoms with Gasteiger partial charge in [0, 0.05) is 43.1 Å². The van der Waals surface area contributed by atoms with Gasteiger partial charge in [0.05, 0.1) is 31.5 Å². The van der Waals surface area contributed by atoms with Crippen molar-refractivity contribution in [2.24, 2.45) is 40.9 Å². The minimum absolute atomic E-state index is 0.0238. The average Bonchev–Trinajstić information content (AvgIpc) is 3.97. The van der Waals surface area contributed by atoms with E-state index in [4.69, 9.17) is 9.47 Å². The number of aliphatic hydroxyl groups excluding tert-OH is 5. The number of aliphatic hydroxyl groups is 6. The molecule has 1 aromatic carbocycles. The molecule has 4 bridgehead atoms. The van der Waals surface area contributed by atoms with E-state index < -0.39 is 42.0 Å². The third kappa shape index (κ3) is 11.3. The Hall–Kier alpha value is -3.07. The van der Waals surface area contributed by atoms with Crippen molar-refractivity contribution < 1.29 is 44.9 Å². The van der Waals surface area contributed by atoms with E-state index >= 15 is 0 Å². The first-order valence-electron chi connectivity index (χ1n) is 24.4. The van der Waals surface area contributed by atoms with Crippen LogP contribution in [0.15, 0.2) is 95.2 Å². The fourth-order valence-electron chi connectivity index (χ4n) is 12.8. The fourth-order valence-corrected chi connectivity index (χ4v) is 12.8. The van der Waals surface area contributed by atoms with Crippen molar-refractivity contribution in [3.05, 3.63) is 106 Å². The normalized spacial score (nSPS) is 34.6. The first-order chi connectivity index (χ1) is 31.3. The number of methoxy groups -OCH3 is 1. The van der Waals surface area contributed by atoms with Crippen molar-refractivity contribution >= 4 is 6.29 Å². The summed E-state index contributed by atoms with van der Waals surface area (Å²) in [5.41, 5.74) is 4.00. The Balaban J connectivity index is 1.32. The molecule has 8 N–H and O–H groups in total. The molecule has 0 radical (unpaired) electrons. The van der Waals surface area contributed by atoms with Crippen LogP contribution in [0.4, 0.5) is 0 Å². The smallest absolute Gasteiger partial charge is 0.145 e. The summed E-state index contributed by atoms with van der Waals surface area (Å²) in [6, 6.07) is 8.85. The number of aldehydes is 1. The van der Waals surface area contributed by atoms with Gasteiger partial charge in [0.2, 0.25) is 0 Å². The van der Waals surface area contributed by atoms with Crippen molar-refractivity contribution in [3.8, 4) is 0 Å². The molecule has 6 rings (SSSR count). The van der Waals surface area contributed by atoms with Crippen LogP contribution in [0.5, 0.6) is 0 Å². The maximum Gasteiger partial charge on any atom is 0.145 e. The van der Waals surface area contributed by atoms with Crippen LogP contribution in [0.25, 0.3) is 0 Å². The van der Waals surface area contributed by atoms with Gasteiger partial charge in [-0.2, -0.15) is 0 Å². The Morgan fingerprint density at radius 2 is 1.88 bits per heavy atom. The standard InChI is InChI=1S/C54H80N2O9/c1-36(42-17-16-37(2)51(62)56-52(24-27-64-5,45-14-6-7-15-45)30-40-12-9-11-39(28-40)29-42)10-8-13-44(34-65-35-46(60)33-59)47-20-22-54(50(47)61)49-41(21-26-57)18-19-43(48(49)38(3)32-58)31-53(54,63)23-25-55-4/h8-13,16,18-19,28,32,41-43,45-47,49-51,55-57,59-63H,1,6-7,14-15,17,20-27,29-31,33-35H2,2-5H3. The van der Waals surface area contributed by atoms with Crippen LogP contribution in [0.3, 0.4) is 0 Å². The van der Waals surface area contributed by atoms with E-state index in [9.17, 15) is 35.4 Å². The summed E-state index contributed by atoms with van der Waals surface area (Å²) in [7, 11) is 3.60. The Morgan fingerprint density at radius 3 is 2.58 bits per heavy atom. The topological polar surface area (TPSA) is 181 Å². The van der Waals surface area contributed by atoms with Crippen LogP contribution in [0, 0.1) is 40.9 Å². The van der Waals surface area contributed by atoms with Gasteiger partial charge in [-0.05, 0) is 150 Å². The van der Waals surface area contributed by atoms with Crippen LogP contribution < -0.4 is 10.6 Å². The molecule has 5 aliphatic rings. The van der Waals surface area contributed by atoms with Crippen LogP contribution >= 0.6 is 0 Å². The molecule has 0 saturated heterocycles. The number of rotatable bonds is 19. The molecule has 3 saturated carbocycles. The highest BCUT2D eigenvalue weighted by molar-refractivity contribution is 5.74. The molecule has 4 aliphatic carbocycles. The van der Waals surface area contributed by atoms with Crippen molar-refractivity contribution in [2.45, 2.75) is 127 Å². The first-order valence-corrected chi connectivity index (χ1v) is 24.4. The van der Waals surface area contributed by atoms with Crippen molar-refractivity contribution in [3.63, 3.8) is 0 Å². The zero-order valence-electron chi connectivity index (χ0n) is 39.6. The predicted octanol–water partition coefficient (Wildman–Crippen LogP) is 5.84. The molecular formula is C54H80N2O9. The zero-order chi connectivity index (χ0) is 46.8. The monoisotopic (exact) mass is 901 g/mol. The van der Waals surface area contributed by atoms with Crippen LogP contribution in [-0.2, 0) is 27.1 Å². The van der Waals surface area contributed by atoms with E-state index in [1.165, 1.54) is 24.0 Å². The maximum absolute atomic E-state index is 13.0. The summed E-state index contributed by atoms with van der Waals surface area (Å²) < 4.78 is 11.7. The third-order valence-corrected chi connectivity index (χ3v) is 16.3. The van der Waals surface area contributed by atoms with Gasteiger partial charge in [-0.25, -0.2) is 0 Å². The maximum atomic E-state index is 13.0. The summed E-state index contributed by atoms with van der Waals surface area (Å²) in [6.07, 6.45) is 20.2. The molecule has 11 nitrogen and oxygen atoms in total. The van der Waals surface area contributed by atoms with Gasteiger partial charge in [-0.15, -0.1) is 0 Å². The lowest BCUT2D eigenvalue weighted by Gasteiger charge is -2.61. The molecular weight excluding hydrogens is 821 g/mol. The largest absolute Gasteiger partial charge is 0.396 e. The van der Waals surface area contributed by atoms with Gasteiger partial charge in [-0.3, -0.25) is 10.1 Å². The molecule has 1 aliphatic heterocycles. The SMILES string of the molecule is C=C(C=CC=C(COCC(O)CO)C1CCC2(C1O)C1C(=C(C)C=O)C(C=CC1CCO)CC2(O)CCNC)C1CC=C(C)C(O)NC(CCOC)(C2CCCC2)Cc2cccc(c2)C1. The second-order valence-corrected chi connectivity index (χ2v) is 20.2. The number of ether oxygens (including phenoxy) is 2. The summed E-state index contributed by atoms with van der Waals surface area (Å²) in [5.74, 6) is -0.678. The van der Waals surface area contributed by atoms with Crippen molar-refractivity contribution in [1.29, 1.82) is 0 Å². The number of hydrogen-bond donors (Lipinski definition) is 8. The quantitative estimate of drug-likeness (QED) is 0.0362. The second-order valence-electron chi connectivity index (χ2n) is 20.2. The zero-order valence-corrected chi connectivity index (χ0v) is 39.6. The molecule has 11 unspecified atom stereocenters. The van der Waals surface area contributed by atoms with Gasteiger partial charge in [0.15, 0.2) is 0 Å². The molecule has 1 heterocycles. The summed E-state index contributed by atoms with van der Waals surface area (Å²) >= 11 is 0. The van der Waals surface area contributed by atoms with E-state index in [0.29, 0.717) is 63.2 Å². The van der Waals surface area contributed by atoms with Gasteiger partial charge in [-0.1, -0.05) is 91.3 Å². The number of carbonyl (C=O) groups is 1. The van der Waals surface area contributed by atoms with E-state index in [1.807, 2.05) is 39.1 Å². The molecule has 0 amide bonds. The molecule has 65 heavy (non-hydrogen) atoms. The lowest BCUT2D eigenvalue weighted by atomic mass is 9.45. The van der Waals surface area contributed by atoms with Gasteiger partial charge in [0.25, 0.3) is 0 Å². The highest BCUT2D eigenvalue weighted by Crippen LogP contribution is 2.67. The Kier molecular flexibility index (Phi) is 18.4. The number of nitrogens with one attached hydrogen (secondary N) is 2. The number of fused-ring (bicyclic) bond motifs is 5. The summed E-state index contributed by atoms with van der Waals surface area (Å²) in [6.45, 7) is 9.03. The highest BCUT2D eigenvalue weighted by Gasteiger charge is 2.68. The summed E-state index contributed by atoms with van der Waals surface area (Å²) in [5, 5.41) is 74.7. The fraction of sp³-hybridized carbons (Fsp3) is 0.648. The van der Waals surface area contributed by atoms with Gasteiger partial charge in [0.1, 0.15) is 18.6 Å². The molecule has 1 aromatic rings. The van der Waals surface area contributed by atoms with Gasteiger partial charge < -0.3 is 45.4 Å². The van der Waals surface area contributed by atoms with Crippen LogP contribution in [0.2, 0.25) is 0 Å². The lowest BCUT2D eigenvalue weighted by Crippen LogP contribution is -2.65. The minimum Gasteiger partial charge on any atom is -0.396 e. The minimum atomic E-state index is -1.28. The van der Waals surface area contributed by atoms with Crippen LogP contribution in [-0.4, -0.2) is 120 Å². The van der Waals surface area contributed by atoms with Crippen LogP contribution in [0.1, 0.15) is 95.6 Å². The van der Waals surface area contributed by atoms with Gasteiger partial charge >= 0.3 is 0 Å². The van der Waals surface area contributed by atoms with E-state index in [2.05, 4.69) is 59.7 Å². The third-order valence-electron chi connectivity index (χ3n) is 16.3. The molecule has 360 valence electrons. The summed E-state index contributed by atoms with van der Waals surface area (Å²) in [4.78, 5) is 12.5. The Labute approximate surface area is 388 Å². The van der Waals surface area contributed by atoms with E-state index in [-0.39, 0.29) is 49.0 Å². The van der Waals surface area contributed by atoms with E-state index in [0.717, 1.165) is 60.7 Å². The molecule has 11 heteroatoms. The Bertz CT molecular complexity index is 1920. The first kappa shape index (κ1) is 51.3. The van der Waals surface area contributed by atoms with Crippen molar-refractivity contribution in [2.75, 3.05) is 53.7 Å².